The van der Waals surface area contributed by atoms with Crippen molar-refractivity contribution in [3.63, 3.8) is 0 Å². The predicted molar refractivity (Wildman–Crippen MR) is 307 cm³/mol. The molecule has 2 aliphatic rings. The van der Waals surface area contributed by atoms with E-state index in [2.05, 4.69) is 27.8 Å². The molecule has 1 saturated heterocycles. The van der Waals surface area contributed by atoms with Gasteiger partial charge in [0.2, 0.25) is 5.91 Å². The normalized spacial score (nSPS) is 15.3. The van der Waals surface area contributed by atoms with Crippen molar-refractivity contribution in [2.24, 2.45) is 0 Å². The van der Waals surface area contributed by atoms with Gasteiger partial charge in [-0.05, 0) is 105 Å². The van der Waals surface area contributed by atoms with Crippen molar-refractivity contribution in [1.29, 1.82) is 0 Å². The summed E-state index contributed by atoms with van der Waals surface area (Å²) in [5.41, 5.74) is 6.76. The van der Waals surface area contributed by atoms with Gasteiger partial charge < -0.3 is 53.8 Å². The second kappa shape index (κ2) is 25.9. The maximum absolute atomic E-state index is 13.4. The van der Waals surface area contributed by atoms with Crippen molar-refractivity contribution in [2.45, 2.75) is 49.3 Å². The van der Waals surface area contributed by atoms with Gasteiger partial charge in [0.25, 0.3) is 5.91 Å². The largest absolute Gasteiger partial charge is 0.513 e. The number of aromatic nitrogens is 2. The fourth-order valence-electron chi connectivity index (χ4n) is 10.3. The Kier molecular flexibility index (Phi) is 17.7. The first-order valence-corrected chi connectivity index (χ1v) is 27.0. The lowest BCUT2D eigenvalue weighted by molar-refractivity contribution is -0.120. The van der Waals surface area contributed by atoms with E-state index in [0.29, 0.717) is 22.6 Å². The summed E-state index contributed by atoms with van der Waals surface area (Å²) < 4.78 is 41.6. The Bertz CT molecular complexity index is 3520. The number of hydrogen-bond donors (Lipinski definition) is 3. The minimum atomic E-state index is -1.16. The van der Waals surface area contributed by atoms with Gasteiger partial charge in [-0.2, -0.15) is 4.98 Å². The van der Waals surface area contributed by atoms with Crippen LogP contribution in [-0.2, 0) is 42.3 Å². The lowest BCUT2D eigenvalue weighted by atomic mass is 9.80. The van der Waals surface area contributed by atoms with Crippen LogP contribution in [-0.4, -0.2) is 103 Å². The molecule has 2 heterocycles. The highest BCUT2D eigenvalue weighted by atomic mass is 16.7. The van der Waals surface area contributed by atoms with Crippen LogP contribution in [0.4, 0.5) is 15.4 Å². The van der Waals surface area contributed by atoms with Gasteiger partial charge in [-0.1, -0.05) is 127 Å². The SMILES string of the molecule is COc1ccc(C(OC[C@H]2O[C@@H](n3ccc(NC(=O)c4ccc(CNC(=O)Cc5ccc(OC(=O)OCCN(C)C(=O)OCC6c7ccccc7-c7ccccc76)cc5)cc4)nc3=O)C[C@H]2O)(c2ccccc2)c2ccc(OC)cc2)cc1. The zero-order valence-electron chi connectivity index (χ0n) is 45.8. The maximum Gasteiger partial charge on any atom is 0.513 e. The van der Waals surface area contributed by atoms with Gasteiger partial charge in [-0.3, -0.25) is 14.2 Å². The monoisotopic (exact) mass is 1120 g/mol. The summed E-state index contributed by atoms with van der Waals surface area (Å²) in [6.07, 6.45) is -2.60. The van der Waals surface area contributed by atoms with Crippen molar-refractivity contribution < 1.29 is 57.4 Å². The standard InChI is InChI=1S/C65H61N5O13/c1-69(63(75)80-40-55-53-15-9-7-13-51(53)52-14-8-10-16-54(52)55)35-36-79-64(76)82-50-27-19-42(20-28-50)37-59(72)66-39-43-17-21-44(22-18-43)61(73)67-58-33-34-70(62(74)68-58)60-38-56(71)57(83-60)41-81-65(45-11-5-4-6-12-45,46-23-29-48(77-2)30-24-46)47-25-31-49(78-3)32-26-47/h4-34,55-57,60,71H,35-41H2,1-3H3,(H,66,72)(H,67,68,73,74)/t56-,57-,60-/m1/s1. The molecule has 3 N–H and O–H groups in total. The van der Waals surface area contributed by atoms with Crippen molar-refractivity contribution in [3.05, 3.63) is 243 Å². The number of fused-ring (bicyclic) bond motifs is 3. The molecule has 3 amide bonds. The highest BCUT2D eigenvalue weighted by Crippen LogP contribution is 2.45. The summed E-state index contributed by atoms with van der Waals surface area (Å²) in [7, 11) is 4.76. The van der Waals surface area contributed by atoms with Crippen LogP contribution in [0, 0.1) is 0 Å². The number of nitrogens with zero attached hydrogens (tertiary/aromatic N) is 3. The predicted octanol–water partition coefficient (Wildman–Crippen LogP) is 9.43. The number of benzene rings is 7. The van der Waals surface area contributed by atoms with Crippen molar-refractivity contribution >= 4 is 29.9 Å². The van der Waals surface area contributed by atoms with E-state index >= 15 is 0 Å². The molecule has 8 aromatic rings. The number of carbonyl (C=O) groups excluding carboxylic acids is 4. The third-order valence-corrected chi connectivity index (χ3v) is 14.7. The molecule has 424 valence electrons. The fraction of sp³-hybridized carbons (Fsp3) is 0.231. The molecular weight excluding hydrogens is 1060 g/mol. The van der Waals surface area contributed by atoms with Crippen LogP contribution < -0.4 is 30.5 Å². The maximum atomic E-state index is 13.4. The Morgan fingerprint density at radius 2 is 1.27 bits per heavy atom. The molecule has 0 spiro atoms. The third-order valence-electron chi connectivity index (χ3n) is 14.7. The smallest absolute Gasteiger partial charge is 0.497 e. The first-order valence-electron chi connectivity index (χ1n) is 27.0. The average molecular weight is 1120 g/mol. The quantitative estimate of drug-likeness (QED) is 0.0347. The number of rotatable bonds is 21. The molecule has 0 radical (unpaired) electrons. The van der Waals surface area contributed by atoms with Gasteiger partial charge in [-0.15, -0.1) is 0 Å². The Labute approximate surface area is 479 Å². The van der Waals surface area contributed by atoms with E-state index < -0.39 is 47.9 Å². The van der Waals surface area contributed by atoms with Crippen LogP contribution in [0.2, 0.25) is 0 Å². The average Bonchev–Trinajstić information content (AvgIpc) is 3.45. The van der Waals surface area contributed by atoms with E-state index in [1.54, 1.807) is 69.8 Å². The molecule has 83 heavy (non-hydrogen) atoms. The van der Waals surface area contributed by atoms with Gasteiger partial charge in [0.15, 0.2) is 0 Å². The Morgan fingerprint density at radius 3 is 1.88 bits per heavy atom. The minimum absolute atomic E-state index is 0.0190. The second-order valence-corrected chi connectivity index (χ2v) is 19.9. The van der Waals surface area contributed by atoms with E-state index in [-0.39, 0.29) is 69.1 Å². The molecule has 7 aromatic carbocycles. The number of ether oxygens (including phenoxy) is 7. The molecule has 10 rings (SSSR count). The van der Waals surface area contributed by atoms with E-state index in [1.165, 1.54) is 21.7 Å². The molecular formula is C65H61N5O13. The number of amides is 3. The molecule has 1 aromatic heterocycles. The Balaban J connectivity index is 0.656. The number of anilines is 1. The lowest BCUT2D eigenvalue weighted by Gasteiger charge is -2.37. The summed E-state index contributed by atoms with van der Waals surface area (Å²) in [5.74, 6) is 0.729. The second-order valence-electron chi connectivity index (χ2n) is 19.9. The lowest BCUT2D eigenvalue weighted by Crippen LogP contribution is -2.38. The highest BCUT2D eigenvalue weighted by Gasteiger charge is 2.42. The number of hydrogen-bond acceptors (Lipinski definition) is 14. The van der Waals surface area contributed by atoms with Gasteiger partial charge in [0.05, 0.1) is 39.9 Å². The van der Waals surface area contributed by atoms with Gasteiger partial charge in [0.1, 0.15) is 54.2 Å². The van der Waals surface area contributed by atoms with E-state index in [4.69, 9.17) is 33.2 Å². The topological polar surface area (TPSA) is 215 Å². The van der Waals surface area contributed by atoms with Crippen LogP contribution >= 0.6 is 0 Å². The number of nitrogens with one attached hydrogen (secondary N) is 2. The number of aliphatic hydroxyl groups is 1. The molecule has 3 atom stereocenters. The van der Waals surface area contributed by atoms with Crippen LogP contribution in [0.25, 0.3) is 11.1 Å². The van der Waals surface area contributed by atoms with Crippen LogP contribution in [0.5, 0.6) is 17.2 Å². The summed E-state index contributed by atoms with van der Waals surface area (Å²) in [4.78, 5) is 70.3. The number of aliphatic hydroxyl groups excluding tert-OH is 1. The highest BCUT2D eigenvalue weighted by molar-refractivity contribution is 6.03. The van der Waals surface area contributed by atoms with Gasteiger partial charge in [-0.25, -0.2) is 14.4 Å². The molecule has 0 bridgehead atoms. The number of likely N-dealkylation sites (N-methyl/N-ethyl adjacent to an activating group) is 1. The van der Waals surface area contributed by atoms with Crippen LogP contribution in [0.3, 0.4) is 0 Å². The molecule has 1 fully saturated rings. The zero-order chi connectivity index (χ0) is 57.9. The van der Waals surface area contributed by atoms with Crippen molar-refractivity contribution in [3.8, 4) is 28.4 Å². The summed E-state index contributed by atoms with van der Waals surface area (Å²) in [5, 5.41) is 16.9. The molecule has 1 aliphatic heterocycles. The van der Waals surface area contributed by atoms with Crippen molar-refractivity contribution in [2.75, 3.05) is 52.9 Å². The van der Waals surface area contributed by atoms with E-state index in [1.807, 2.05) is 115 Å². The first kappa shape index (κ1) is 56.6. The molecule has 0 unspecified atom stereocenters. The zero-order valence-corrected chi connectivity index (χ0v) is 45.8. The molecule has 18 heteroatoms. The molecule has 0 saturated carbocycles. The van der Waals surface area contributed by atoms with Gasteiger partial charge in [0, 0.05) is 37.7 Å². The third kappa shape index (κ3) is 13.1. The Hall–Kier alpha value is -9.62. The van der Waals surface area contributed by atoms with Crippen LogP contribution in [0.1, 0.15) is 67.9 Å². The first-order chi connectivity index (χ1) is 40.4. The number of carbonyl (C=O) groups is 4. The molecule has 1 aliphatic carbocycles. The van der Waals surface area contributed by atoms with E-state index in [0.717, 1.165) is 44.5 Å². The fourth-order valence-corrected chi connectivity index (χ4v) is 10.3. The number of methoxy groups -OCH3 is 2. The minimum Gasteiger partial charge on any atom is -0.497 e. The summed E-state index contributed by atoms with van der Waals surface area (Å²) in [6, 6.07) is 55.5. The Morgan fingerprint density at radius 1 is 0.687 bits per heavy atom. The summed E-state index contributed by atoms with van der Waals surface area (Å²) >= 11 is 0. The summed E-state index contributed by atoms with van der Waals surface area (Å²) in [6.45, 7) is 0.268. The van der Waals surface area contributed by atoms with Crippen LogP contribution in [0.15, 0.2) is 193 Å². The van der Waals surface area contributed by atoms with Gasteiger partial charge >= 0.3 is 17.9 Å². The molecule has 18 nitrogen and oxygen atoms in total. The van der Waals surface area contributed by atoms with E-state index in [9.17, 15) is 29.1 Å². The van der Waals surface area contributed by atoms with Crippen molar-refractivity contribution in [1.82, 2.24) is 19.8 Å².